The van der Waals surface area contributed by atoms with Crippen molar-refractivity contribution in [3.63, 3.8) is 0 Å². The number of nitrogens with zero attached hydrogens (tertiary/aromatic N) is 4. The Labute approximate surface area is 179 Å². The minimum Gasteiger partial charge on any atom is -0.490 e. The number of hydrogen-bond acceptors (Lipinski definition) is 6. The monoisotopic (exact) mass is 427 g/mol. The number of ether oxygens (including phenoxy) is 2. The van der Waals surface area contributed by atoms with Crippen LogP contribution in [0.1, 0.15) is 36.2 Å². The molecule has 3 aromatic rings. The second-order valence-electron chi connectivity index (χ2n) is 6.66. The molecule has 0 bridgehead atoms. The summed E-state index contributed by atoms with van der Waals surface area (Å²) in [6.45, 7) is 5.63. The van der Waals surface area contributed by atoms with E-state index in [4.69, 9.17) is 14.6 Å². The first-order chi connectivity index (χ1) is 15.0. The highest BCUT2D eigenvalue weighted by Gasteiger charge is 2.12. The number of carbonyl (C=O) groups excluding carboxylic acids is 1. The van der Waals surface area contributed by atoms with Crippen molar-refractivity contribution in [2.75, 3.05) is 18.5 Å². The van der Waals surface area contributed by atoms with Crippen LogP contribution in [0.3, 0.4) is 0 Å². The number of aliphatic carboxylic acids is 1. The molecule has 1 amide bonds. The maximum Gasteiger partial charge on any atom is 0.305 e. The summed E-state index contributed by atoms with van der Waals surface area (Å²) in [4.78, 5) is 23.0. The van der Waals surface area contributed by atoms with Crippen molar-refractivity contribution in [3.8, 4) is 11.5 Å². The van der Waals surface area contributed by atoms with Gasteiger partial charge in [-0.05, 0) is 31.5 Å². The standard InChI is InChI=1S/C21H25N5O5/c1-3-30-18-6-5-15(9-19(18)31-4-2)12-26-14-17(11-23-26)24-21(29)16-10-22-25(13-16)8-7-20(27)28/h5-6,9-11,13-14H,3-4,7-8,12H2,1-2H3,(H,24,29)(H,27,28). The van der Waals surface area contributed by atoms with Gasteiger partial charge in [-0.1, -0.05) is 6.07 Å². The number of aryl methyl sites for hydroxylation is 1. The average Bonchev–Trinajstić information content (AvgIpc) is 3.38. The third kappa shape index (κ3) is 6.08. The number of amides is 1. The summed E-state index contributed by atoms with van der Waals surface area (Å²) in [5.41, 5.74) is 1.86. The largest absolute Gasteiger partial charge is 0.490 e. The number of benzene rings is 1. The van der Waals surface area contributed by atoms with Gasteiger partial charge in [0.15, 0.2) is 11.5 Å². The van der Waals surface area contributed by atoms with Crippen LogP contribution >= 0.6 is 0 Å². The molecule has 0 atom stereocenters. The van der Waals surface area contributed by atoms with E-state index in [0.29, 0.717) is 42.5 Å². The molecular formula is C21H25N5O5. The van der Waals surface area contributed by atoms with Gasteiger partial charge < -0.3 is 19.9 Å². The van der Waals surface area contributed by atoms with Crippen molar-refractivity contribution in [2.24, 2.45) is 0 Å². The first-order valence-electron chi connectivity index (χ1n) is 9.95. The summed E-state index contributed by atoms with van der Waals surface area (Å²) >= 11 is 0. The molecule has 2 N–H and O–H groups in total. The second-order valence-corrected chi connectivity index (χ2v) is 6.66. The summed E-state index contributed by atoms with van der Waals surface area (Å²) in [6, 6.07) is 5.73. The fraction of sp³-hybridized carbons (Fsp3) is 0.333. The van der Waals surface area contributed by atoms with Gasteiger partial charge in [0, 0.05) is 12.4 Å². The molecule has 10 heteroatoms. The number of aromatic nitrogens is 4. The molecule has 1 aromatic carbocycles. The Hall–Kier alpha value is -3.82. The molecule has 164 valence electrons. The van der Waals surface area contributed by atoms with Crippen molar-refractivity contribution in [3.05, 3.63) is 54.1 Å². The summed E-state index contributed by atoms with van der Waals surface area (Å²) in [5.74, 6) is 0.114. The zero-order valence-corrected chi connectivity index (χ0v) is 17.4. The molecule has 2 aromatic heterocycles. The molecule has 10 nitrogen and oxygen atoms in total. The highest BCUT2D eigenvalue weighted by molar-refractivity contribution is 6.03. The van der Waals surface area contributed by atoms with Crippen LogP contribution in [0, 0.1) is 0 Å². The Kier molecular flexibility index (Phi) is 7.26. The molecule has 0 aliphatic heterocycles. The Morgan fingerprint density at radius 2 is 1.77 bits per heavy atom. The van der Waals surface area contributed by atoms with Gasteiger partial charge >= 0.3 is 5.97 Å². The van der Waals surface area contributed by atoms with Crippen LogP contribution in [-0.4, -0.2) is 49.8 Å². The van der Waals surface area contributed by atoms with Gasteiger partial charge in [0.25, 0.3) is 5.91 Å². The predicted molar refractivity (Wildman–Crippen MR) is 113 cm³/mol. The molecule has 2 heterocycles. The molecule has 0 saturated carbocycles. The van der Waals surface area contributed by atoms with Crippen molar-refractivity contribution in [1.29, 1.82) is 0 Å². The minimum absolute atomic E-state index is 0.0634. The van der Waals surface area contributed by atoms with Gasteiger partial charge in [-0.2, -0.15) is 10.2 Å². The molecule has 0 radical (unpaired) electrons. The van der Waals surface area contributed by atoms with Gasteiger partial charge in [-0.15, -0.1) is 0 Å². The van der Waals surface area contributed by atoms with Gasteiger partial charge in [-0.3, -0.25) is 19.0 Å². The van der Waals surface area contributed by atoms with Crippen molar-refractivity contribution < 1.29 is 24.2 Å². The third-order valence-electron chi connectivity index (χ3n) is 4.29. The second kappa shape index (κ2) is 10.3. The molecule has 31 heavy (non-hydrogen) atoms. The Morgan fingerprint density at radius 3 is 2.52 bits per heavy atom. The smallest absolute Gasteiger partial charge is 0.305 e. The van der Waals surface area contributed by atoms with Crippen molar-refractivity contribution in [1.82, 2.24) is 19.6 Å². The van der Waals surface area contributed by atoms with E-state index in [1.54, 1.807) is 17.1 Å². The lowest BCUT2D eigenvalue weighted by Crippen LogP contribution is -2.11. The first kappa shape index (κ1) is 21.9. The van der Waals surface area contributed by atoms with Gasteiger partial charge in [-0.25, -0.2) is 0 Å². The Bertz CT molecular complexity index is 1040. The lowest BCUT2D eigenvalue weighted by Gasteiger charge is -2.12. The van der Waals surface area contributed by atoms with Gasteiger partial charge in [0.1, 0.15) is 0 Å². The summed E-state index contributed by atoms with van der Waals surface area (Å²) in [5, 5.41) is 19.8. The van der Waals surface area contributed by atoms with Crippen LogP contribution in [0.5, 0.6) is 11.5 Å². The molecule has 3 rings (SSSR count). The molecule has 0 unspecified atom stereocenters. The van der Waals surface area contributed by atoms with E-state index in [1.807, 2.05) is 32.0 Å². The average molecular weight is 427 g/mol. The van der Waals surface area contributed by atoms with Crippen molar-refractivity contribution in [2.45, 2.75) is 33.4 Å². The van der Waals surface area contributed by atoms with Gasteiger partial charge in [0.2, 0.25) is 0 Å². The number of carboxylic acids is 1. The fourth-order valence-corrected chi connectivity index (χ4v) is 2.91. The highest BCUT2D eigenvalue weighted by Crippen LogP contribution is 2.29. The summed E-state index contributed by atoms with van der Waals surface area (Å²) in [6.07, 6.45) is 6.13. The van der Waals surface area contributed by atoms with Crippen LogP contribution in [-0.2, 0) is 17.9 Å². The predicted octanol–water partition coefficient (Wildman–Crippen LogP) is 2.65. The zero-order valence-electron chi connectivity index (χ0n) is 17.4. The molecular weight excluding hydrogens is 402 g/mol. The lowest BCUT2D eigenvalue weighted by molar-refractivity contribution is -0.137. The number of anilines is 1. The van der Waals surface area contributed by atoms with E-state index in [1.165, 1.54) is 17.1 Å². The summed E-state index contributed by atoms with van der Waals surface area (Å²) in [7, 11) is 0. The maximum absolute atomic E-state index is 12.4. The molecule has 0 aliphatic rings. The number of carboxylic acid groups (broad SMARTS) is 1. The fourth-order valence-electron chi connectivity index (χ4n) is 2.91. The quantitative estimate of drug-likeness (QED) is 0.483. The Morgan fingerprint density at radius 1 is 1.03 bits per heavy atom. The van der Waals surface area contributed by atoms with E-state index in [0.717, 1.165) is 5.56 Å². The molecule has 0 saturated heterocycles. The van der Waals surface area contributed by atoms with Crippen LogP contribution in [0.2, 0.25) is 0 Å². The minimum atomic E-state index is -0.921. The van der Waals surface area contributed by atoms with E-state index in [2.05, 4.69) is 15.5 Å². The third-order valence-corrected chi connectivity index (χ3v) is 4.29. The normalized spacial score (nSPS) is 10.6. The van der Waals surface area contributed by atoms with Crippen LogP contribution in [0.15, 0.2) is 43.0 Å². The van der Waals surface area contributed by atoms with Crippen LogP contribution in [0.25, 0.3) is 0 Å². The topological polar surface area (TPSA) is 121 Å². The molecule has 0 fully saturated rings. The number of hydrogen-bond donors (Lipinski definition) is 2. The maximum atomic E-state index is 12.4. The highest BCUT2D eigenvalue weighted by atomic mass is 16.5. The van der Waals surface area contributed by atoms with Crippen LogP contribution in [0.4, 0.5) is 5.69 Å². The summed E-state index contributed by atoms with van der Waals surface area (Å²) < 4.78 is 14.4. The Balaban J connectivity index is 1.62. The van der Waals surface area contributed by atoms with E-state index >= 15 is 0 Å². The number of rotatable bonds is 11. The van der Waals surface area contributed by atoms with Crippen molar-refractivity contribution >= 4 is 17.6 Å². The van der Waals surface area contributed by atoms with Gasteiger partial charge in [0.05, 0.1) is 56.4 Å². The lowest BCUT2D eigenvalue weighted by atomic mass is 10.2. The van der Waals surface area contributed by atoms with E-state index in [-0.39, 0.29) is 18.9 Å². The molecule has 0 aliphatic carbocycles. The zero-order chi connectivity index (χ0) is 22.2. The number of carbonyl (C=O) groups is 2. The van der Waals surface area contributed by atoms with E-state index in [9.17, 15) is 9.59 Å². The number of nitrogens with one attached hydrogen (secondary N) is 1. The van der Waals surface area contributed by atoms with E-state index < -0.39 is 5.97 Å². The van der Waals surface area contributed by atoms with Crippen LogP contribution < -0.4 is 14.8 Å². The molecule has 0 spiro atoms. The first-order valence-corrected chi connectivity index (χ1v) is 9.95. The SMILES string of the molecule is CCOc1ccc(Cn2cc(NC(=O)c3cnn(CCC(=O)O)c3)cn2)cc1OCC.